The lowest BCUT2D eigenvalue weighted by Crippen LogP contribution is -2.30. The summed E-state index contributed by atoms with van der Waals surface area (Å²) in [6.07, 6.45) is 3.82. The molecule has 0 bridgehead atoms. The zero-order valence-corrected chi connectivity index (χ0v) is 13.0. The number of amides is 1. The van der Waals surface area contributed by atoms with Crippen molar-refractivity contribution in [2.75, 3.05) is 5.32 Å². The van der Waals surface area contributed by atoms with Crippen LogP contribution in [0.5, 0.6) is 0 Å². The SMILES string of the molecule is Cc1cc(F)ccc1NC(=O)Cn1nc2n(c1=O)CCCCC2. The first-order valence-corrected chi connectivity index (χ1v) is 7.77. The highest BCUT2D eigenvalue weighted by Gasteiger charge is 2.17. The van der Waals surface area contributed by atoms with Gasteiger partial charge in [-0.2, -0.15) is 5.10 Å². The first-order chi connectivity index (χ1) is 11.0. The highest BCUT2D eigenvalue weighted by Crippen LogP contribution is 2.15. The molecule has 0 atom stereocenters. The van der Waals surface area contributed by atoms with E-state index < -0.39 is 0 Å². The quantitative estimate of drug-likeness (QED) is 0.939. The number of hydrogen-bond acceptors (Lipinski definition) is 3. The smallest absolute Gasteiger partial charge is 0.324 e. The van der Waals surface area contributed by atoms with Crippen LogP contribution in [-0.2, 0) is 24.3 Å². The molecule has 0 radical (unpaired) electrons. The molecule has 1 N–H and O–H groups in total. The zero-order valence-electron chi connectivity index (χ0n) is 13.0. The number of carbonyl (C=O) groups is 1. The van der Waals surface area contributed by atoms with Crippen molar-refractivity contribution in [1.29, 1.82) is 0 Å². The number of halogens is 1. The topological polar surface area (TPSA) is 68.9 Å². The molecule has 1 amide bonds. The number of rotatable bonds is 3. The molecular formula is C16H19FN4O2. The highest BCUT2D eigenvalue weighted by molar-refractivity contribution is 5.91. The molecular weight excluding hydrogens is 299 g/mol. The molecule has 0 saturated heterocycles. The number of aromatic nitrogens is 3. The van der Waals surface area contributed by atoms with E-state index in [1.54, 1.807) is 11.5 Å². The van der Waals surface area contributed by atoms with Crippen molar-refractivity contribution in [2.24, 2.45) is 0 Å². The van der Waals surface area contributed by atoms with E-state index in [1.807, 2.05) is 0 Å². The zero-order chi connectivity index (χ0) is 16.4. The Bertz CT molecular complexity index is 794. The minimum absolute atomic E-state index is 0.143. The first-order valence-electron chi connectivity index (χ1n) is 7.77. The Kier molecular flexibility index (Phi) is 4.27. The molecule has 0 unspecified atom stereocenters. The average Bonchev–Trinajstić information content (AvgIpc) is 2.68. The Morgan fingerprint density at radius 3 is 2.96 bits per heavy atom. The summed E-state index contributed by atoms with van der Waals surface area (Å²) in [5, 5.41) is 6.97. The summed E-state index contributed by atoms with van der Waals surface area (Å²) in [5.41, 5.74) is 0.921. The fourth-order valence-electron chi connectivity index (χ4n) is 2.82. The minimum Gasteiger partial charge on any atom is -0.324 e. The predicted molar refractivity (Wildman–Crippen MR) is 83.8 cm³/mol. The van der Waals surface area contributed by atoms with Crippen molar-refractivity contribution in [3.8, 4) is 0 Å². The Morgan fingerprint density at radius 2 is 2.17 bits per heavy atom. The van der Waals surface area contributed by atoms with E-state index in [9.17, 15) is 14.0 Å². The second-order valence-electron chi connectivity index (χ2n) is 5.83. The molecule has 0 saturated carbocycles. The summed E-state index contributed by atoms with van der Waals surface area (Å²) in [6.45, 7) is 2.23. The first kappa shape index (κ1) is 15.5. The third-order valence-corrected chi connectivity index (χ3v) is 4.04. The molecule has 0 aliphatic carbocycles. The lowest BCUT2D eigenvalue weighted by molar-refractivity contribution is -0.117. The summed E-state index contributed by atoms with van der Waals surface area (Å²) in [7, 11) is 0. The van der Waals surface area contributed by atoms with Crippen LogP contribution in [0.3, 0.4) is 0 Å². The van der Waals surface area contributed by atoms with Crippen LogP contribution < -0.4 is 11.0 Å². The number of fused-ring (bicyclic) bond motifs is 1. The van der Waals surface area contributed by atoms with Crippen molar-refractivity contribution < 1.29 is 9.18 Å². The van der Waals surface area contributed by atoms with Crippen LogP contribution in [0.15, 0.2) is 23.0 Å². The molecule has 0 fully saturated rings. The highest BCUT2D eigenvalue weighted by atomic mass is 19.1. The predicted octanol–water partition coefficient (Wildman–Crippen LogP) is 1.86. The molecule has 1 aromatic carbocycles. The van der Waals surface area contributed by atoms with Crippen molar-refractivity contribution >= 4 is 11.6 Å². The fraction of sp³-hybridized carbons (Fsp3) is 0.438. The summed E-state index contributed by atoms with van der Waals surface area (Å²) in [4.78, 5) is 24.4. The van der Waals surface area contributed by atoms with Crippen LogP contribution in [0.25, 0.3) is 0 Å². The van der Waals surface area contributed by atoms with Gasteiger partial charge in [-0.3, -0.25) is 9.36 Å². The molecule has 6 nitrogen and oxygen atoms in total. The lowest BCUT2D eigenvalue weighted by Gasteiger charge is -2.08. The van der Waals surface area contributed by atoms with E-state index in [0.717, 1.165) is 31.5 Å². The summed E-state index contributed by atoms with van der Waals surface area (Å²) in [5.74, 6) is 0.0443. The van der Waals surface area contributed by atoms with Crippen molar-refractivity contribution in [3.05, 3.63) is 45.9 Å². The van der Waals surface area contributed by atoms with Crippen LogP contribution in [-0.4, -0.2) is 20.3 Å². The van der Waals surface area contributed by atoms with Gasteiger partial charge >= 0.3 is 5.69 Å². The number of hydrogen-bond donors (Lipinski definition) is 1. The van der Waals surface area contributed by atoms with Crippen molar-refractivity contribution in [3.63, 3.8) is 0 Å². The van der Waals surface area contributed by atoms with Crippen LogP contribution >= 0.6 is 0 Å². The lowest BCUT2D eigenvalue weighted by atomic mass is 10.2. The molecule has 122 valence electrons. The van der Waals surface area contributed by atoms with E-state index in [1.165, 1.54) is 22.9 Å². The minimum atomic E-state index is -0.352. The maximum atomic E-state index is 13.1. The van der Waals surface area contributed by atoms with Crippen molar-refractivity contribution in [2.45, 2.75) is 45.7 Å². The van der Waals surface area contributed by atoms with Gasteiger partial charge in [0.05, 0.1) is 0 Å². The Hall–Kier alpha value is -2.44. The van der Waals surface area contributed by atoms with Gasteiger partial charge in [-0.05, 0) is 43.5 Å². The summed E-state index contributed by atoms with van der Waals surface area (Å²) in [6, 6.07) is 4.14. The van der Waals surface area contributed by atoms with Crippen LogP contribution in [0.4, 0.5) is 10.1 Å². The van der Waals surface area contributed by atoms with Gasteiger partial charge in [0.15, 0.2) is 0 Å². The Balaban J connectivity index is 1.74. The molecule has 3 rings (SSSR count). The molecule has 1 aromatic heterocycles. The van der Waals surface area contributed by atoms with Gasteiger partial charge in [-0.1, -0.05) is 6.42 Å². The molecule has 1 aliphatic rings. The number of carbonyl (C=O) groups excluding carboxylic acids is 1. The maximum Gasteiger partial charge on any atom is 0.346 e. The number of nitrogens with zero attached hydrogens (tertiary/aromatic N) is 3. The van der Waals surface area contributed by atoms with Gasteiger partial charge in [0.25, 0.3) is 0 Å². The summed E-state index contributed by atoms with van der Waals surface area (Å²) >= 11 is 0. The molecule has 7 heteroatoms. The van der Waals surface area contributed by atoms with Gasteiger partial charge in [-0.15, -0.1) is 0 Å². The second kappa shape index (κ2) is 6.36. The number of benzene rings is 1. The molecule has 2 aromatic rings. The fourth-order valence-corrected chi connectivity index (χ4v) is 2.82. The van der Waals surface area contributed by atoms with E-state index in [-0.39, 0.29) is 24.0 Å². The van der Waals surface area contributed by atoms with E-state index >= 15 is 0 Å². The Labute approximate surface area is 132 Å². The van der Waals surface area contributed by atoms with E-state index in [4.69, 9.17) is 0 Å². The van der Waals surface area contributed by atoms with Gasteiger partial charge in [0.2, 0.25) is 5.91 Å². The number of aryl methyl sites for hydroxylation is 2. The van der Waals surface area contributed by atoms with Crippen LogP contribution in [0, 0.1) is 12.7 Å². The standard InChI is InChI=1S/C16H19FN4O2/c1-11-9-12(17)6-7-13(11)18-15(22)10-21-16(23)20-8-4-2-3-5-14(20)19-21/h6-7,9H,2-5,8,10H2,1H3,(H,18,22). The summed E-state index contributed by atoms with van der Waals surface area (Å²) < 4.78 is 15.9. The third-order valence-electron chi connectivity index (χ3n) is 4.04. The Morgan fingerprint density at radius 1 is 1.35 bits per heavy atom. The normalized spacial score (nSPS) is 14.2. The third kappa shape index (κ3) is 3.33. The molecule has 1 aliphatic heterocycles. The maximum absolute atomic E-state index is 13.1. The monoisotopic (exact) mass is 318 g/mol. The van der Waals surface area contributed by atoms with Gasteiger partial charge in [-0.25, -0.2) is 13.9 Å². The van der Waals surface area contributed by atoms with Crippen molar-refractivity contribution in [1.82, 2.24) is 14.3 Å². The van der Waals surface area contributed by atoms with Gasteiger partial charge in [0.1, 0.15) is 18.2 Å². The van der Waals surface area contributed by atoms with Gasteiger partial charge < -0.3 is 5.32 Å². The average molecular weight is 318 g/mol. The number of nitrogens with one attached hydrogen (secondary N) is 1. The molecule has 0 spiro atoms. The molecule has 23 heavy (non-hydrogen) atoms. The van der Waals surface area contributed by atoms with Gasteiger partial charge in [0, 0.05) is 18.7 Å². The van der Waals surface area contributed by atoms with Crippen LogP contribution in [0.2, 0.25) is 0 Å². The van der Waals surface area contributed by atoms with E-state index in [0.29, 0.717) is 17.8 Å². The second-order valence-corrected chi connectivity index (χ2v) is 5.83. The van der Waals surface area contributed by atoms with E-state index in [2.05, 4.69) is 10.4 Å². The largest absolute Gasteiger partial charge is 0.346 e. The molecule has 2 heterocycles. The van der Waals surface area contributed by atoms with Crippen LogP contribution in [0.1, 0.15) is 30.7 Å². The number of anilines is 1.